The molecule has 0 aromatic rings. The van der Waals surface area contributed by atoms with Gasteiger partial charge in [-0.1, -0.05) is 0 Å². The predicted molar refractivity (Wildman–Crippen MR) is 53.8 cm³/mol. The monoisotopic (exact) mass is 211 g/mol. The van der Waals surface area contributed by atoms with Crippen molar-refractivity contribution in [2.24, 2.45) is 17.3 Å². The fourth-order valence-electron chi connectivity index (χ4n) is 2.28. The van der Waals surface area contributed by atoms with Gasteiger partial charge in [-0.15, -0.1) is 0 Å². The van der Waals surface area contributed by atoms with Crippen molar-refractivity contribution in [3.05, 3.63) is 0 Å². The summed E-state index contributed by atoms with van der Waals surface area (Å²) in [7, 11) is 0. The minimum absolute atomic E-state index is 0.0539. The van der Waals surface area contributed by atoms with Gasteiger partial charge in [0.05, 0.1) is 11.8 Å². The van der Waals surface area contributed by atoms with E-state index in [-0.39, 0.29) is 29.1 Å². The summed E-state index contributed by atoms with van der Waals surface area (Å²) in [5.41, 5.74) is 0.172. The average molecular weight is 211 g/mol. The quantitative estimate of drug-likeness (QED) is 0.551. The second-order valence-electron chi connectivity index (χ2n) is 4.87. The van der Waals surface area contributed by atoms with E-state index in [0.29, 0.717) is 6.54 Å². The topological polar surface area (TPSA) is 37.4 Å². The number of likely N-dealkylation sites (tertiary alicyclic amines) is 1. The Morgan fingerprint density at radius 2 is 1.86 bits per heavy atom. The molecule has 0 aromatic heterocycles. The Hall–Kier alpha value is -0.510. The zero-order valence-corrected chi connectivity index (χ0v) is 8.80. The number of nitrogens with zero attached hydrogens (tertiary/aromatic N) is 1. The highest BCUT2D eigenvalue weighted by Crippen LogP contribution is 2.52. The van der Waals surface area contributed by atoms with Crippen LogP contribution in [0.15, 0.2) is 0 Å². The highest BCUT2D eigenvalue weighted by molar-refractivity contribution is 7.80. The number of hydrogen-bond donors (Lipinski definition) is 1. The Kier molecular flexibility index (Phi) is 1.59. The summed E-state index contributed by atoms with van der Waals surface area (Å²) in [6.07, 6.45) is 3.04. The highest BCUT2D eigenvalue weighted by atomic mass is 32.1. The summed E-state index contributed by atoms with van der Waals surface area (Å²) < 4.78 is 0. The van der Waals surface area contributed by atoms with Crippen molar-refractivity contribution in [1.29, 1.82) is 0 Å². The molecule has 1 aliphatic heterocycles. The number of piperidine rings is 1. The van der Waals surface area contributed by atoms with Crippen LogP contribution in [0.4, 0.5) is 0 Å². The second kappa shape index (κ2) is 2.54. The van der Waals surface area contributed by atoms with Gasteiger partial charge < -0.3 is 0 Å². The predicted octanol–water partition coefficient (Wildman–Crippen LogP) is 0.701. The first-order valence-corrected chi connectivity index (χ1v) is 5.76. The van der Waals surface area contributed by atoms with Crippen molar-refractivity contribution < 1.29 is 9.59 Å². The molecule has 0 radical (unpaired) electrons. The average Bonchev–Trinajstić information content (AvgIpc) is 3.05. The second-order valence-corrected chi connectivity index (χ2v) is 5.19. The SMILES string of the molecule is O=C1C2CC2C(=O)N1CC1(CS)CC1. The van der Waals surface area contributed by atoms with E-state index >= 15 is 0 Å². The van der Waals surface area contributed by atoms with Gasteiger partial charge in [-0.05, 0) is 30.4 Å². The van der Waals surface area contributed by atoms with Crippen molar-refractivity contribution in [3.8, 4) is 0 Å². The van der Waals surface area contributed by atoms with Crippen LogP contribution < -0.4 is 0 Å². The van der Waals surface area contributed by atoms with Crippen LogP contribution in [0.1, 0.15) is 19.3 Å². The van der Waals surface area contributed by atoms with E-state index in [1.807, 2.05) is 0 Å². The number of fused-ring (bicyclic) bond motifs is 1. The zero-order valence-electron chi connectivity index (χ0n) is 7.90. The zero-order chi connectivity index (χ0) is 9.92. The minimum Gasteiger partial charge on any atom is -0.282 e. The molecule has 2 amide bonds. The maximum atomic E-state index is 11.7. The molecular formula is C10H13NO2S. The van der Waals surface area contributed by atoms with Crippen LogP contribution in [0.25, 0.3) is 0 Å². The van der Waals surface area contributed by atoms with E-state index in [4.69, 9.17) is 0 Å². The Morgan fingerprint density at radius 1 is 1.29 bits per heavy atom. The van der Waals surface area contributed by atoms with Crippen LogP contribution >= 0.6 is 12.6 Å². The Labute approximate surface area is 88.2 Å². The van der Waals surface area contributed by atoms with Gasteiger partial charge in [0.15, 0.2) is 0 Å². The van der Waals surface area contributed by atoms with Crippen molar-refractivity contribution in [3.63, 3.8) is 0 Å². The molecule has 3 nitrogen and oxygen atoms in total. The van der Waals surface area contributed by atoms with Crippen molar-refractivity contribution in [2.75, 3.05) is 12.3 Å². The maximum Gasteiger partial charge on any atom is 0.233 e. The summed E-state index contributed by atoms with van der Waals surface area (Å²) in [6.45, 7) is 0.626. The van der Waals surface area contributed by atoms with E-state index in [2.05, 4.69) is 12.6 Å². The number of imide groups is 1. The van der Waals surface area contributed by atoms with E-state index in [9.17, 15) is 9.59 Å². The molecule has 1 saturated heterocycles. The molecule has 2 saturated carbocycles. The largest absolute Gasteiger partial charge is 0.282 e. The maximum absolute atomic E-state index is 11.7. The first-order valence-electron chi connectivity index (χ1n) is 5.13. The molecular weight excluding hydrogens is 198 g/mol. The molecule has 0 aromatic carbocycles. The summed E-state index contributed by atoms with van der Waals surface area (Å²) in [6, 6.07) is 0. The third-order valence-electron chi connectivity index (χ3n) is 3.74. The third kappa shape index (κ3) is 1.06. The molecule has 2 unspecified atom stereocenters. The lowest BCUT2D eigenvalue weighted by Gasteiger charge is -2.21. The van der Waals surface area contributed by atoms with Gasteiger partial charge in [0, 0.05) is 6.54 Å². The molecule has 0 N–H and O–H groups in total. The Morgan fingerprint density at radius 3 is 2.29 bits per heavy atom. The van der Waals surface area contributed by atoms with E-state index in [1.165, 1.54) is 4.90 Å². The van der Waals surface area contributed by atoms with Crippen LogP contribution in [0.2, 0.25) is 0 Å². The number of hydrogen-bond acceptors (Lipinski definition) is 3. The standard InChI is InChI=1S/C10H13NO2S/c12-8-6-3-7(6)9(13)11(8)4-10(5-14)1-2-10/h6-7,14H,1-5H2. The smallest absolute Gasteiger partial charge is 0.233 e. The number of carbonyl (C=O) groups excluding carboxylic acids is 2. The lowest BCUT2D eigenvalue weighted by atomic mass is 10.1. The van der Waals surface area contributed by atoms with Crippen LogP contribution in [-0.2, 0) is 9.59 Å². The lowest BCUT2D eigenvalue weighted by Crippen LogP contribution is -2.38. The van der Waals surface area contributed by atoms with Crippen molar-refractivity contribution >= 4 is 24.4 Å². The fraction of sp³-hybridized carbons (Fsp3) is 0.800. The molecule has 1 heterocycles. The van der Waals surface area contributed by atoms with Crippen molar-refractivity contribution in [2.45, 2.75) is 19.3 Å². The lowest BCUT2D eigenvalue weighted by molar-refractivity contribution is -0.142. The summed E-state index contributed by atoms with van der Waals surface area (Å²) >= 11 is 4.28. The molecule has 76 valence electrons. The van der Waals surface area contributed by atoms with Crippen LogP contribution in [-0.4, -0.2) is 29.0 Å². The molecule has 2 atom stereocenters. The molecule has 0 bridgehead atoms. The van der Waals surface area contributed by atoms with Crippen LogP contribution in [0.5, 0.6) is 0 Å². The molecule has 3 fully saturated rings. The molecule has 2 aliphatic carbocycles. The summed E-state index contributed by atoms with van der Waals surface area (Å²) in [4.78, 5) is 24.8. The van der Waals surface area contributed by atoms with Crippen LogP contribution in [0, 0.1) is 17.3 Å². The molecule has 3 aliphatic rings. The first-order chi connectivity index (χ1) is 6.67. The molecule has 3 rings (SSSR count). The molecule has 0 spiro atoms. The summed E-state index contributed by atoms with van der Waals surface area (Å²) in [5.74, 6) is 1.05. The molecule has 4 heteroatoms. The van der Waals surface area contributed by atoms with Gasteiger partial charge in [0.1, 0.15) is 0 Å². The Bertz CT molecular complexity index is 304. The van der Waals surface area contributed by atoms with Crippen molar-refractivity contribution in [1.82, 2.24) is 4.90 Å². The van der Waals surface area contributed by atoms with Crippen LogP contribution in [0.3, 0.4) is 0 Å². The minimum atomic E-state index is 0.0539. The number of amides is 2. The number of thiol groups is 1. The van der Waals surface area contributed by atoms with E-state index in [1.54, 1.807) is 0 Å². The third-order valence-corrected chi connectivity index (χ3v) is 4.41. The highest BCUT2D eigenvalue weighted by Gasteiger charge is 2.60. The van der Waals surface area contributed by atoms with Gasteiger partial charge in [-0.3, -0.25) is 14.5 Å². The van der Waals surface area contributed by atoms with Gasteiger partial charge in [-0.2, -0.15) is 12.6 Å². The van der Waals surface area contributed by atoms with E-state index in [0.717, 1.165) is 25.0 Å². The number of rotatable bonds is 3. The normalized spacial score (nSPS) is 37.4. The first kappa shape index (κ1) is 8.77. The molecule has 14 heavy (non-hydrogen) atoms. The van der Waals surface area contributed by atoms with E-state index < -0.39 is 0 Å². The fourth-order valence-corrected chi connectivity index (χ4v) is 2.70. The Balaban J connectivity index is 1.74. The number of carbonyl (C=O) groups is 2. The summed E-state index contributed by atoms with van der Waals surface area (Å²) in [5, 5.41) is 0. The van der Waals surface area contributed by atoms with Gasteiger partial charge in [0.2, 0.25) is 11.8 Å². The van der Waals surface area contributed by atoms with Gasteiger partial charge in [0.25, 0.3) is 0 Å². The van der Waals surface area contributed by atoms with Gasteiger partial charge >= 0.3 is 0 Å². The van der Waals surface area contributed by atoms with Gasteiger partial charge in [-0.25, -0.2) is 0 Å².